The largest absolute Gasteiger partial charge is 0.411 e. The molecule has 1 atom stereocenters. The van der Waals surface area contributed by atoms with Crippen molar-refractivity contribution in [3.63, 3.8) is 0 Å². The van der Waals surface area contributed by atoms with Gasteiger partial charge in [-0.2, -0.15) is 4.58 Å². The molecule has 3 amide bonds. The van der Waals surface area contributed by atoms with Crippen LogP contribution in [0, 0.1) is 26.6 Å². The van der Waals surface area contributed by atoms with E-state index in [1.807, 2.05) is 19.1 Å². The minimum Gasteiger partial charge on any atom is -0.376 e. The summed E-state index contributed by atoms with van der Waals surface area (Å²) in [4.78, 5) is 50.0. The van der Waals surface area contributed by atoms with E-state index < -0.39 is 5.91 Å². The molecule has 2 aromatic heterocycles. The quantitative estimate of drug-likeness (QED) is 0.281. The SMILES string of the molecule is C=CC(=O)[N+]1=C(C)CN(CC(Nc2cnc(C(=O)Nc3ncc(C(=O)N(C)C)cc3C)c(C)c2)c2ccc(C)c(F)c2)CC1. The predicted octanol–water partition coefficient (Wildman–Crippen LogP) is 4.15. The number of aromatic nitrogens is 2. The smallest absolute Gasteiger partial charge is 0.376 e. The summed E-state index contributed by atoms with van der Waals surface area (Å²) in [5.41, 5.74) is 4.88. The maximum atomic E-state index is 14.6. The van der Waals surface area contributed by atoms with Crippen molar-refractivity contribution in [2.75, 3.05) is 50.9 Å². The zero-order valence-electron chi connectivity index (χ0n) is 26.1. The first-order valence-electron chi connectivity index (χ1n) is 14.4. The fraction of sp³-hybridized carbons (Fsp3) is 0.333. The van der Waals surface area contributed by atoms with Crippen molar-refractivity contribution in [1.82, 2.24) is 19.8 Å². The van der Waals surface area contributed by atoms with Crippen LogP contribution in [0.15, 0.2) is 55.4 Å². The van der Waals surface area contributed by atoms with E-state index in [0.29, 0.717) is 59.9 Å². The molecule has 11 heteroatoms. The Morgan fingerprint density at radius 1 is 1.07 bits per heavy atom. The number of carbonyl (C=O) groups is 3. The van der Waals surface area contributed by atoms with Crippen molar-refractivity contribution in [2.24, 2.45) is 0 Å². The number of hydrogen-bond donors (Lipinski definition) is 2. The van der Waals surface area contributed by atoms with E-state index in [4.69, 9.17) is 0 Å². The Morgan fingerprint density at radius 2 is 1.82 bits per heavy atom. The molecule has 44 heavy (non-hydrogen) atoms. The molecule has 3 heterocycles. The Labute approximate surface area is 257 Å². The lowest BCUT2D eigenvalue weighted by atomic mass is 10.0. The summed E-state index contributed by atoms with van der Waals surface area (Å²) in [6.45, 7) is 13.1. The lowest BCUT2D eigenvalue weighted by Gasteiger charge is -2.30. The Balaban J connectivity index is 1.53. The van der Waals surface area contributed by atoms with Crippen LogP contribution in [0.25, 0.3) is 0 Å². The highest BCUT2D eigenvalue weighted by atomic mass is 19.1. The van der Waals surface area contributed by atoms with E-state index in [1.165, 1.54) is 23.2 Å². The van der Waals surface area contributed by atoms with Crippen molar-refractivity contribution in [2.45, 2.75) is 33.7 Å². The number of pyridine rings is 2. The number of halogens is 1. The van der Waals surface area contributed by atoms with Gasteiger partial charge in [0.2, 0.25) is 0 Å². The van der Waals surface area contributed by atoms with Crippen LogP contribution in [0.1, 0.15) is 56.1 Å². The monoisotopic (exact) mass is 600 g/mol. The highest BCUT2D eigenvalue weighted by Crippen LogP contribution is 2.25. The van der Waals surface area contributed by atoms with Crippen molar-refractivity contribution < 1.29 is 23.3 Å². The van der Waals surface area contributed by atoms with Crippen LogP contribution in [0.2, 0.25) is 0 Å². The third-order valence-corrected chi connectivity index (χ3v) is 7.63. The minimum atomic E-state index is -0.425. The van der Waals surface area contributed by atoms with Gasteiger partial charge in [0.1, 0.15) is 17.3 Å². The Kier molecular flexibility index (Phi) is 10.00. The van der Waals surface area contributed by atoms with Gasteiger partial charge in [-0.3, -0.25) is 14.5 Å². The van der Waals surface area contributed by atoms with Gasteiger partial charge >= 0.3 is 5.91 Å². The van der Waals surface area contributed by atoms with Crippen LogP contribution in [-0.2, 0) is 4.79 Å². The maximum absolute atomic E-state index is 14.6. The van der Waals surface area contributed by atoms with E-state index in [-0.39, 0.29) is 29.4 Å². The number of hydrogen-bond acceptors (Lipinski definition) is 7. The lowest BCUT2D eigenvalue weighted by Crippen LogP contribution is -2.47. The first-order chi connectivity index (χ1) is 20.9. The summed E-state index contributed by atoms with van der Waals surface area (Å²) in [6, 6.07) is 8.41. The molecule has 0 saturated heterocycles. The zero-order valence-corrected chi connectivity index (χ0v) is 26.1. The number of rotatable bonds is 9. The molecule has 2 N–H and O–H groups in total. The van der Waals surface area contributed by atoms with Crippen molar-refractivity contribution >= 4 is 34.9 Å². The van der Waals surface area contributed by atoms with Crippen LogP contribution < -0.4 is 10.6 Å². The number of nitrogens with zero attached hydrogens (tertiary/aromatic N) is 5. The Bertz CT molecular complexity index is 1650. The average molecular weight is 601 g/mol. The predicted molar refractivity (Wildman–Crippen MR) is 169 cm³/mol. The van der Waals surface area contributed by atoms with Crippen molar-refractivity contribution in [1.29, 1.82) is 0 Å². The molecule has 4 rings (SSSR count). The standard InChI is InChI=1S/C33H38FN7O3/c1-8-29(42)41-12-11-40(18-23(41)5)19-28(24-10-9-20(2)27(34)15-24)37-26-14-21(3)30(35-17-26)32(43)38-31-22(4)13-25(16-36-31)33(44)39(6)7/h8-10,13-17,28H,1,11-12,18-19H2,2-7H3,(H-,36,37,38,43,44)/p+1. The topological polar surface area (TPSA) is 111 Å². The molecule has 230 valence electrons. The molecule has 0 radical (unpaired) electrons. The summed E-state index contributed by atoms with van der Waals surface area (Å²) < 4.78 is 16.4. The van der Waals surface area contributed by atoms with Crippen molar-refractivity contribution in [3.05, 3.63) is 94.7 Å². The molecule has 3 aromatic rings. The summed E-state index contributed by atoms with van der Waals surface area (Å²) in [7, 11) is 3.33. The minimum absolute atomic E-state index is 0.120. The molecule has 0 fully saturated rings. The second kappa shape index (κ2) is 13.7. The van der Waals surface area contributed by atoms with E-state index in [2.05, 4.69) is 32.1 Å². The molecule has 1 aromatic carbocycles. The number of benzene rings is 1. The van der Waals surface area contributed by atoms with E-state index in [9.17, 15) is 18.8 Å². The molecule has 10 nitrogen and oxygen atoms in total. The van der Waals surface area contributed by atoms with Crippen LogP contribution in [0.5, 0.6) is 0 Å². The molecule has 0 aliphatic carbocycles. The first-order valence-corrected chi connectivity index (χ1v) is 14.4. The third-order valence-electron chi connectivity index (χ3n) is 7.63. The van der Waals surface area contributed by atoms with Gasteiger partial charge in [-0.05, 0) is 61.2 Å². The summed E-state index contributed by atoms with van der Waals surface area (Å²) in [5.74, 6) is -0.666. The summed E-state index contributed by atoms with van der Waals surface area (Å²) in [5, 5.41) is 6.28. The molecule has 0 spiro atoms. The van der Waals surface area contributed by atoms with Gasteiger partial charge in [0.25, 0.3) is 11.8 Å². The number of anilines is 2. The number of amides is 3. The van der Waals surface area contributed by atoms with Gasteiger partial charge in [-0.1, -0.05) is 18.7 Å². The van der Waals surface area contributed by atoms with Gasteiger partial charge in [-0.25, -0.2) is 19.2 Å². The van der Waals surface area contributed by atoms with Crippen molar-refractivity contribution in [3.8, 4) is 0 Å². The Morgan fingerprint density at radius 3 is 2.43 bits per heavy atom. The van der Waals surface area contributed by atoms with Gasteiger partial charge in [0.05, 0.1) is 36.6 Å². The van der Waals surface area contributed by atoms with Gasteiger partial charge < -0.3 is 15.5 Å². The normalized spacial score (nSPS) is 14.2. The molecule has 0 bridgehead atoms. The summed E-state index contributed by atoms with van der Waals surface area (Å²) in [6.07, 6.45) is 4.33. The first kappa shape index (κ1) is 32.2. The second-order valence-electron chi connectivity index (χ2n) is 11.3. The fourth-order valence-corrected chi connectivity index (χ4v) is 5.14. The van der Waals surface area contributed by atoms with Gasteiger partial charge in [-0.15, -0.1) is 0 Å². The maximum Gasteiger partial charge on any atom is 0.411 e. The van der Waals surface area contributed by atoms with Crippen LogP contribution in [0.3, 0.4) is 0 Å². The summed E-state index contributed by atoms with van der Waals surface area (Å²) >= 11 is 0. The number of aryl methyl sites for hydroxylation is 3. The average Bonchev–Trinajstić information content (AvgIpc) is 2.98. The number of nitrogens with one attached hydrogen (secondary N) is 2. The van der Waals surface area contributed by atoms with E-state index >= 15 is 0 Å². The molecular weight excluding hydrogens is 561 g/mol. The highest BCUT2D eigenvalue weighted by molar-refractivity contribution is 6.04. The second-order valence-corrected chi connectivity index (χ2v) is 11.3. The van der Waals surface area contributed by atoms with E-state index in [1.54, 1.807) is 57.8 Å². The zero-order chi connectivity index (χ0) is 32.1. The molecule has 1 aliphatic rings. The third kappa shape index (κ3) is 7.41. The molecule has 1 unspecified atom stereocenters. The Hall–Kier alpha value is -4.77. The van der Waals surface area contributed by atoms with E-state index in [0.717, 1.165) is 11.3 Å². The lowest BCUT2D eigenvalue weighted by molar-refractivity contribution is -0.451. The van der Waals surface area contributed by atoms with Gasteiger partial charge in [0.15, 0.2) is 12.3 Å². The fourth-order valence-electron chi connectivity index (χ4n) is 5.14. The van der Waals surface area contributed by atoms with Gasteiger partial charge in [0, 0.05) is 39.8 Å². The number of carbonyl (C=O) groups excluding carboxylic acids is 3. The van der Waals surface area contributed by atoms with Crippen LogP contribution in [0.4, 0.5) is 15.9 Å². The van der Waals surface area contributed by atoms with Crippen LogP contribution >= 0.6 is 0 Å². The van der Waals surface area contributed by atoms with Crippen LogP contribution in [-0.4, -0.2) is 88.1 Å². The molecule has 0 saturated carbocycles. The highest BCUT2D eigenvalue weighted by Gasteiger charge is 2.28. The molecular formula is C33H39FN7O3+. The molecule has 1 aliphatic heterocycles.